The molecule has 0 aliphatic carbocycles. The molecule has 2 aromatic rings. The molecule has 28 heavy (non-hydrogen) atoms. The van der Waals surface area contributed by atoms with Crippen LogP contribution in [0.25, 0.3) is 0 Å². The highest BCUT2D eigenvalue weighted by Gasteiger charge is 2.34. The van der Waals surface area contributed by atoms with Gasteiger partial charge in [-0.1, -0.05) is 42.5 Å². The highest BCUT2D eigenvalue weighted by Crippen LogP contribution is 2.27. The topological polar surface area (TPSA) is 95.7 Å². The minimum atomic E-state index is -0.405. The SMILES string of the molecule is N[C@@H]1CN(C(=O)c2cccc(CN3C(=O)CNC3=O)c2)C[C@H]1c1ccccc1. The smallest absolute Gasteiger partial charge is 0.324 e. The molecule has 7 nitrogen and oxygen atoms in total. The minimum Gasteiger partial charge on any atom is -0.336 e. The lowest BCUT2D eigenvalue weighted by Gasteiger charge is -2.18. The molecule has 0 spiro atoms. The van der Waals surface area contributed by atoms with E-state index in [2.05, 4.69) is 5.32 Å². The number of hydrogen-bond acceptors (Lipinski definition) is 4. The number of nitrogens with one attached hydrogen (secondary N) is 1. The van der Waals surface area contributed by atoms with Gasteiger partial charge in [0.1, 0.15) is 0 Å². The quantitative estimate of drug-likeness (QED) is 0.784. The minimum absolute atomic E-state index is 0.0179. The van der Waals surface area contributed by atoms with Gasteiger partial charge in [-0.2, -0.15) is 0 Å². The zero-order chi connectivity index (χ0) is 19.7. The van der Waals surface area contributed by atoms with Crippen molar-refractivity contribution in [2.24, 2.45) is 5.73 Å². The van der Waals surface area contributed by atoms with Crippen molar-refractivity contribution in [2.45, 2.75) is 18.5 Å². The van der Waals surface area contributed by atoms with E-state index in [1.807, 2.05) is 30.3 Å². The fourth-order valence-electron chi connectivity index (χ4n) is 3.83. The van der Waals surface area contributed by atoms with E-state index in [1.165, 1.54) is 0 Å². The van der Waals surface area contributed by atoms with E-state index in [0.29, 0.717) is 18.7 Å². The van der Waals surface area contributed by atoms with Crippen LogP contribution in [0.15, 0.2) is 54.6 Å². The Kier molecular flexibility index (Phi) is 4.83. The first kappa shape index (κ1) is 18.2. The zero-order valence-corrected chi connectivity index (χ0v) is 15.4. The van der Waals surface area contributed by atoms with Crippen LogP contribution in [0.5, 0.6) is 0 Å². The summed E-state index contributed by atoms with van der Waals surface area (Å²) in [4.78, 5) is 39.4. The number of amides is 4. The molecule has 0 saturated carbocycles. The molecule has 0 radical (unpaired) electrons. The van der Waals surface area contributed by atoms with Crippen LogP contribution in [-0.4, -0.2) is 53.3 Å². The predicted molar refractivity (Wildman–Crippen MR) is 103 cm³/mol. The highest BCUT2D eigenvalue weighted by atomic mass is 16.2. The van der Waals surface area contributed by atoms with Crippen molar-refractivity contribution in [2.75, 3.05) is 19.6 Å². The summed E-state index contributed by atoms with van der Waals surface area (Å²) in [6.45, 7) is 1.23. The van der Waals surface area contributed by atoms with E-state index < -0.39 is 6.03 Å². The maximum Gasteiger partial charge on any atom is 0.324 e. The van der Waals surface area contributed by atoms with Crippen LogP contribution in [0.2, 0.25) is 0 Å². The first-order valence-corrected chi connectivity index (χ1v) is 9.30. The summed E-state index contributed by atoms with van der Waals surface area (Å²) in [6, 6.07) is 16.5. The fraction of sp³-hybridized carbons (Fsp3) is 0.286. The van der Waals surface area contributed by atoms with Gasteiger partial charge in [-0.25, -0.2) is 4.79 Å². The summed E-state index contributed by atoms with van der Waals surface area (Å²) in [5.41, 5.74) is 8.71. The Hall–Kier alpha value is -3.19. The summed E-state index contributed by atoms with van der Waals surface area (Å²) >= 11 is 0. The van der Waals surface area contributed by atoms with E-state index in [9.17, 15) is 14.4 Å². The van der Waals surface area contributed by atoms with E-state index >= 15 is 0 Å². The average Bonchev–Trinajstić information content (AvgIpc) is 3.25. The van der Waals surface area contributed by atoms with Crippen LogP contribution in [0.4, 0.5) is 4.79 Å². The Labute approximate surface area is 163 Å². The number of imide groups is 1. The lowest BCUT2D eigenvalue weighted by molar-refractivity contribution is -0.125. The van der Waals surface area contributed by atoms with Gasteiger partial charge in [-0.3, -0.25) is 14.5 Å². The number of urea groups is 1. The number of carbonyl (C=O) groups excluding carboxylic acids is 3. The molecule has 4 amide bonds. The maximum atomic E-state index is 13.0. The third-order valence-electron chi connectivity index (χ3n) is 5.33. The molecule has 7 heteroatoms. The predicted octanol–water partition coefficient (Wildman–Crippen LogP) is 1.31. The molecular weight excluding hydrogens is 356 g/mol. The van der Waals surface area contributed by atoms with E-state index in [1.54, 1.807) is 29.2 Å². The Morgan fingerprint density at radius 3 is 2.57 bits per heavy atom. The summed E-state index contributed by atoms with van der Waals surface area (Å²) in [6.07, 6.45) is 0. The number of benzene rings is 2. The van der Waals surface area contributed by atoms with Gasteiger partial charge < -0.3 is 16.0 Å². The number of nitrogens with two attached hydrogens (primary N) is 1. The second-order valence-corrected chi connectivity index (χ2v) is 7.23. The molecule has 2 aromatic carbocycles. The molecule has 2 fully saturated rings. The van der Waals surface area contributed by atoms with Gasteiger partial charge in [0.2, 0.25) is 5.91 Å². The van der Waals surface area contributed by atoms with Crippen molar-refractivity contribution in [3.05, 3.63) is 71.3 Å². The second-order valence-electron chi connectivity index (χ2n) is 7.23. The Morgan fingerprint density at radius 1 is 1.07 bits per heavy atom. The molecule has 144 valence electrons. The molecule has 0 unspecified atom stereocenters. The van der Waals surface area contributed by atoms with Crippen LogP contribution in [-0.2, 0) is 11.3 Å². The van der Waals surface area contributed by atoms with E-state index in [-0.39, 0.29) is 36.9 Å². The van der Waals surface area contributed by atoms with Crippen molar-refractivity contribution in [1.29, 1.82) is 0 Å². The number of hydrogen-bond donors (Lipinski definition) is 2. The van der Waals surface area contributed by atoms with Crippen LogP contribution >= 0.6 is 0 Å². The zero-order valence-electron chi connectivity index (χ0n) is 15.4. The molecule has 4 rings (SSSR count). The van der Waals surface area contributed by atoms with Gasteiger partial charge in [-0.15, -0.1) is 0 Å². The largest absolute Gasteiger partial charge is 0.336 e. The van der Waals surface area contributed by atoms with Gasteiger partial charge in [-0.05, 0) is 23.3 Å². The number of nitrogens with zero attached hydrogens (tertiary/aromatic N) is 2. The second kappa shape index (κ2) is 7.44. The van der Waals surface area contributed by atoms with Crippen molar-refractivity contribution >= 4 is 17.8 Å². The van der Waals surface area contributed by atoms with Crippen LogP contribution < -0.4 is 11.1 Å². The van der Waals surface area contributed by atoms with Gasteiger partial charge in [0.05, 0.1) is 13.1 Å². The summed E-state index contributed by atoms with van der Waals surface area (Å²) in [5.74, 6) is -0.245. The van der Waals surface area contributed by atoms with Gasteiger partial charge in [0.15, 0.2) is 0 Å². The van der Waals surface area contributed by atoms with Gasteiger partial charge in [0, 0.05) is 30.6 Å². The monoisotopic (exact) mass is 378 g/mol. The molecule has 0 aromatic heterocycles. The molecular formula is C21H22N4O3. The lowest BCUT2D eigenvalue weighted by atomic mass is 9.95. The molecule has 3 N–H and O–H groups in total. The number of carbonyl (C=O) groups is 3. The van der Waals surface area contributed by atoms with Gasteiger partial charge in [0.25, 0.3) is 5.91 Å². The molecule has 2 heterocycles. The Morgan fingerprint density at radius 2 is 1.86 bits per heavy atom. The fourth-order valence-corrected chi connectivity index (χ4v) is 3.83. The summed E-state index contributed by atoms with van der Waals surface area (Å²) in [7, 11) is 0. The van der Waals surface area contributed by atoms with Crippen molar-refractivity contribution in [1.82, 2.24) is 15.1 Å². The highest BCUT2D eigenvalue weighted by molar-refractivity contribution is 6.02. The van der Waals surface area contributed by atoms with Gasteiger partial charge >= 0.3 is 6.03 Å². The summed E-state index contributed by atoms with van der Waals surface area (Å²) in [5, 5.41) is 2.50. The molecule has 2 aliphatic heterocycles. The number of rotatable bonds is 4. The van der Waals surface area contributed by atoms with Crippen molar-refractivity contribution < 1.29 is 14.4 Å². The average molecular weight is 378 g/mol. The van der Waals surface area contributed by atoms with Crippen LogP contribution in [0, 0.1) is 0 Å². The standard InChI is InChI=1S/C21H22N4O3/c22-18-13-24(12-17(18)15-6-2-1-3-7-15)20(27)16-8-4-5-14(9-16)11-25-19(26)10-23-21(25)28/h1-9,17-18H,10-13,22H2,(H,23,28)/t17-,18+/m0/s1. The number of likely N-dealkylation sites (tertiary alicyclic amines) is 1. The first-order chi connectivity index (χ1) is 13.5. The first-order valence-electron chi connectivity index (χ1n) is 9.30. The maximum absolute atomic E-state index is 13.0. The third kappa shape index (κ3) is 3.48. The van der Waals surface area contributed by atoms with Crippen LogP contribution in [0.1, 0.15) is 27.4 Å². The molecule has 2 aliphatic rings. The van der Waals surface area contributed by atoms with E-state index in [0.717, 1.165) is 16.0 Å². The normalized spacial score (nSPS) is 21.9. The van der Waals surface area contributed by atoms with E-state index in [4.69, 9.17) is 5.73 Å². The molecule has 0 bridgehead atoms. The van der Waals surface area contributed by atoms with Crippen molar-refractivity contribution in [3.8, 4) is 0 Å². The summed E-state index contributed by atoms with van der Waals surface area (Å²) < 4.78 is 0. The van der Waals surface area contributed by atoms with Crippen LogP contribution in [0.3, 0.4) is 0 Å². The Balaban J connectivity index is 1.48. The Bertz CT molecular complexity index is 899. The van der Waals surface area contributed by atoms with Crippen molar-refractivity contribution in [3.63, 3.8) is 0 Å². The molecule has 2 atom stereocenters. The lowest BCUT2D eigenvalue weighted by Crippen LogP contribution is -2.32. The molecule has 2 saturated heterocycles. The third-order valence-corrected chi connectivity index (χ3v) is 5.33.